The lowest BCUT2D eigenvalue weighted by Gasteiger charge is -2.37. The van der Waals surface area contributed by atoms with Crippen LogP contribution in [-0.2, 0) is 6.42 Å². The van der Waals surface area contributed by atoms with E-state index < -0.39 is 0 Å². The average Bonchev–Trinajstić information content (AvgIpc) is 2.77. The molecule has 2 aliphatic rings. The van der Waals surface area contributed by atoms with E-state index in [9.17, 15) is 0 Å². The van der Waals surface area contributed by atoms with Gasteiger partial charge < -0.3 is 10.2 Å². The molecule has 1 unspecified atom stereocenters. The van der Waals surface area contributed by atoms with Crippen LogP contribution in [-0.4, -0.2) is 49.7 Å². The van der Waals surface area contributed by atoms with Crippen LogP contribution in [0.5, 0.6) is 0 Å². The maximum atomic E-state index is 3.82. The third kappa shape index (κ3) is 5.71. The third-order valence-electron chi connectivity index (χ3n) is 6.49. The highest BCUT2D eigenvalue weighted by Crippen LogP contribution is 2.21. The first kappa shape index (κ1) is 21.1. The van der Waals surface area contributed by atoms with Gasteiger partial charge in [0.25, 0.3) is 0 Å². The van der Waals surface area contributed by atoms with Crippen molar-refractivity contribution in [1.29, 1.82) is 0 Å². The fraction of sp³-hybridized carbons (Fsp3) is 0.600. The van der Waals surface area contributed by atoms with Gasteiger partial charge in [0, 0.05) is 50.5 Å². The number of aryl methyl sites for hydroxylation is 1. The van der Waals surface area contributed by atoms with E-state index in [0.717, 1.165) is 26.1 Å². The van der Waals surface area contributed by atoms with Gasteiger partial charge in [0.1, 0.15) is 0 Å². The summed E-state index contributed by atoms with van der Waals surface area (Å²) < 4.78 is 0. The number of anilines is 1. The van der Waals surface area contributed by atoms with Crippen LogP contribution >= 0.6 is 0 Å². The number of nitrogens with zero attached hydrogens (tertiary/aromatic N) is 2. The molecule has 28 heavy (non-hydrogen) atoms. The molecule has 154 valence electrons. The standard InChI is InChI=1S/C25H39N3/c1-4-22-11-13-25(14-12-22)27(5-2)20-17-26-24-15-18-28(19-16-24)21(3)23-9-7-6-8-10-23/h7,9-14,21,24,26H,4-6,8,15-20H2,1-3H3. The summed E-state index contributed by atoms with van der Waals surface area (Å²) in [6.45, 7) is 12.5. The van der Waals surface area contributed by atoms with E-state index in [1.165, 1.54) is 55.6 Å². The highest BCUT2D eigenvalue weighted by molar-refractivity contribution is 5.47. The van der Waals surface area contributed by atoms with Crippen LogP contribution in [0.3, 0.4) is 0 Å². The number of benzene rings is 1. The van der Waals surface area contributed by atoms with Gasteiger partial charge in [-0.3, -0.25) is 4.90 Å². The summed E-state index contributed by atoms with van der Waals surface area (Å²) in [5, 5.41) is 3.82. The molecule has 3 nitrogen and oxygen atoms in total. The Bertz CT molecular complexity index is 638. The normalized spacial score (nSPS) is 19.5. The molecule has 1 heterocycles. The van der Waals surface area contributed by atoms with Crippen LogP contribution in [0.4, 0.5) is 5.69 Å². The molecule has 1 fully saturated rings. The molecule has 0 amide bonds. The first-order chi connectivity index (χ1) is 13.7. The van der Waals surface area contributed by atoms with Crippen molar-refractivity contribution < 1.29 is 0 Å². The molecule has 1 aliphatic heterocycles. The van der Waals surface area contributed by atoms with Crippen molar-refractivity contribution in [3.63, 3.8) is 0 Å². The minimum atomic E-state index is 0.569. The van der Waals surface area contributed by atoms with Gasteiger partial charge in [0.05, 0.1) is 0 Å². The summed E-state index contributed by atoms with van der Waals surface area (Å²) >= 11 is 0. The highest BCUT2D eigenvalue weighted by Gasteiger charge is 2.24. The maximum absolute atomic E-state index is 3.82. The number of nitrogens with one attached hydrogen (secondary N) is 1. The third-order valence-corrected chi connectivity index (χ3v) is 6.49. The topological polar surface area (TPSA) is 18.5 Å². The molecular formula is C25H39N3. The van der Waals surface area contributed by atoms with E-state index in [1.54, 1.807) is 0 Å². The highest BCUT2D eigenvalue weighted by atomic mass is 15.2. The molecule has 1 aromatic carbocycles. The lowest BCUT2D eigenvalue weighted by atomic mass is 9.97. The van der Waals surface area contributed by atoms with Gasteiger partial charge in [0.2, 0.25) is 0 Å². The number of likely N-dealkylation sites (N-methyl/N-ethyl adjacent to an activating group) is 1. The molecule has 0 bridgehead atoms. The van der Waals surface area contributed by atoms with Crippen LogP contribution in [0.25, 0.3) is 0 Å². The Labute approximate surface area is 172 Å². The zero-order chi connectivity index (χ0) is 19.8. The SMILES string of the molecule is CCc1ccc(N(CC)CCNC2CCN(C(C)C3=CCCC=C3)CC2)cc1. The first-order valence-corrected chi connectivity index (χ1v) is 11.4. The maximum Gasteiger partial charge on any atom is 0.0366 e. The second kappa shape index (κ2) is 10.8. The summed E-state index contributed by atoms with van der Waals surface area (Å²) in [6.07, 6.45) is 13.2. The summed E-state index contributed by atoms with van der Waals surface area (Å²) in [5.41, 5.74) is 4.28. The predicted molar refractivity (Wildman–Crippen MR) is 122 cm³/mol. The van der Waals surface area contributed by atoms with E-state index in [2.05, 4.69) is 78.4 Å². The van der Waals surface area contributed by atoms with E-state index in [-0.39, 0.29) is 0 Å². The van der Waals surface area contributed by atoms with Gasteiger partial charge >= 0.3 is 0 Å². The van der Waals surface area contributed by atoms with Gasteiger partial charge in [0.15, 0.2) is 0 Å². The molecule has 0 aromatic heterocycles. The fourth-order valence-electron chi connectivity index (χ4n) is 4.46. The molecule has 1 saturated heterocycles. The van der Waals surface area contributed by atoms with Crippen molar-refractivity contribution in [2.24, 2.45) is 0 Å². The summed E-state index contributed by atoms with van der Waals surface area (Å²) in [6, 6.07) is 10.3. The second-order valence-corrected chi connectivity index (χ2v) is 8.22. The molecular weight excluding hydrogens is 342 g/mol. The Morgan fingerprint density at radius 1 is 1.11 bits per heavy atom. The largest absolute Gasteiger partial charge is 0.371 e. The molecule has 1 aliphatic carbocycles. The van der Waals surface area contributed by atoms with Crippen LogP contribution in [0.2, 0.25) is 0 Å². The number of hydrogen-bond acceptors (Lipinski definition) is 3. The molecule has 1 N–H and O–H groups in total. The predicted octanol–water partition coefficient (Wildman–Crippen LogP) is 4.79. The first-order valence-electron chi connectivity index (χ1n) is 11.4. The number of hydrogen-bond donors (Lipinski definition) is 1. The van der Waals surface area contributed by atoms with Crippen molar-refractivity contribution in [2.45, 2.75) is 65.0 Å². The summed E-state index contributed by atoms with van der Waals surface area (Å²) in [5.74, 6) is 0. The van der Waals surface area contributed by atoms with Crippen LogP contribution in [0, 0.1) is 0 Å². The van der Waals surface area contributed by atoms with Crippen molar-refractivity contribution >= 4 is 5.69 Å². The van der Waals surface area contributed by atoms with Crippen molar-refractivity contribution in [2.75, 3.05) is 37.6 Å². The molecule has 0 saturated carbocycles. The number of piperidine rings is 1. The van der Waals surface area contributed by atoms with E-state index in [0.29, 0.717) is 12.1 Å². The number of allylic oxidation sites excluding steroid dienone is 2. The van der Waals surface area contributed by atoms with Gasteiger partial charge in [-0.05, 0) is 69.2 Å². The van der Waals surface area contributed by atoms with Crippen LogP contribution in [0.15, 0.2) is 48.1 Å². The van der Waals surface area contributed by atoms with Crippen molar-refractivity contribution in [1.82, 2.24) is 10.2 Å². The lowest BCUT2D eigenvalue weighted by Crippen LogP contribution is -2.47. The van der Waals surface area contributed by atoms with E-state index in [1.807, 2.05) is 0 Å². The van der Waals surface area contributed by atoms with Crippen LogP contribution < -0.4 is 10.2 Å². The average molecular weight is 382 g/mol. The fourth-order valence-corrected chi connectivity index (χ4v) is 4.46. The zero-order valence-corrected chi connectivity index (χ0v) is 18.2. The lowest BCUT2D eigenvalue weighted by molar-refractivity contribution is 0.171. The van der Waals surface area contributed by atoms with Gasteiger partial charge in [-0.25, -0.2) is 0 Å². The minimum absolute atomic E-state index is 0.569. The smallest absolute Gasteiger partial charge is 0.0366 e. The summed E-state index contributed by atoms with van der Waals surface area (Å²) in [7, 11) is 0. The van der Waals surface area contributed by atoms with Crippen molar-refractivity contribution in [3.05, 3.63) is 53.6 Å². The Kier molecular flexibility index (Phi) is 8.17. The quantitative estimate of drug-likeness (QED) is 0.663. The van der Waals surface area contributed by atoms with Gasteiger partial charge in [-0.15, -0.1) is 0 Å². The molecule has 3 rings (SSSR count). The number of rotatable bonds is 9. The van der Waals surface area contributed by atoms with Crippen molar-refractivity contribution in [3.8, 4) is 0 Å². The zero-order valence-electron chi connectivity index (χ0n) is 18.2. The Hall–Kier alpha value is -1.58. The molecule has 1 atom stereocenters. The molecule has 0 radical (unpaired) electrons. The Morgan fingerprint density at radius 3 is 2.46 bits per heavy atom. The Morgan fingerprint density at radius 2 is 1.86 bits per heavy atom. The van der Waals surface area contributed by atoms with E-state index >= 15 is 0 Å². The van der Waals surface area contributed by atoms with E-state index in [4.69, 9.17) is 0 Å². The Balaban J connectivity index is 1.39. The number of likely N-dealkylation sites (tertiary alicyclic amines) is 1. The summed E-state index contributed by atoms with van der Waals surface area (Å²) in [4.78, 5) is 5.14. The molecule has 3 heteroatoms. The van der Waals surface area contributed by atoms with Gasteiger partial charge in [-0.2, -0.15) is 0 Å². The van der Waals surface area contributed by atoms with Gasteiger partial charge in [-0.1, -0.05) is 37.3 Å². The molecule has 0 spiro atoms. The second-order valence-electron chi connectivity index (χ2n) is 8.22. The monoisotopic (exact) mass is 381 g/mol. The minimum Gasteiger partial charge on any atom is -0.371 e. The molecule has 1 aromatic rings. The van der Waals surface area contributed by atoms with Crippen LogP contribution in [0.1, 0.15) is 52.0 Å².